The summed E-state index contributed by atoms with van der Waals surface area (Å²) in [5, 5.41) is 0. The first kappa shape index (κ1) is 10.3. The van der Waals surface area contributed by atoms with Crippen LogP contribution in [0.3, 0.4) is 0 Å². The van der Waals surface area contributed by atoms with Crippen LogP contribution in [0.4, 0.5) is 5.69 Å². The van der Waals surface area contributed by atoms with Crippen LogP contribution in [0.2, 0.25) is 0 Å². The number of nitrogens with two attached hydrogens (primary N) is 2. The summed E-state index contributed by atoms with van der Waals surface area (Å²) in [4.78, 5) is 11.1. The third-order valence-electron chi connectivity index (χ3n) is 1.77. The van der Waals surface area contributed by atoms with E-state index in [9.17, 15) is 4.79 Å². The molecule has 0 spiro atoms. The largest absolute Gasteiger partial charge is 0.398 e. The molecule has 1 rings (SSSR count). The summed E-state index contributed by atoms with van der Waals surface area (Å²) in [6.45, 7) is 1.78. The van der Waals surface area contributed by atoms with Gasteiger partial charge in [0, 0.05) is 16.8 Å². The van der Waals surface area contributed by atoms with Gasteiger partial charge in [-0.05, 0) is 25.1 Å². The van der Waals surface area contributed by atoms with Crippen molar-refractivity contribution in [3.8, 4) is 11.8 Å². The average Bonchev–Trinajstić information content (AvgIpc) is 2.16. The summed E-state index contributed by atoms with van der Waals surface area (Å²) in [5.74, 6) is 5.50. The minimum absolute atomic E-state index is 0.0566. The molecule has 0 saturated heterocycles. The standard InChI is InChI=1S/C11H12N2O/c1-8(14)10-7-9(3-2-6-12)4-5-11(10)13/h4-5,7H,6,12-13H2,1H3. The second kappa shape index (κ2) is 4.45. The van der Waals surface area contributed by atoms with Crippen LogP contribution in [-0.2, 0) is 0 Å². The minimum atomic E-state index is -0.0566. The molecule has 0 atom stereocenters. The van der Waals surface area contributed by atoms with E-state index in [0.717, 1.165) is 5.56 Å². The van der Waals surface area contributed by atoms with Gasteiger partial charge < -0.3 is 11.5 Å². The first-order valence-corrected chi connectivity index (χ1v) is 4.24. The normalized spacial score (nSPS) is 9.00. The van der Waals surface area contributed by atoms with Crippen molar-refractivity contribution in [1.29, 1.82) is 0 Å². The fourth-order valence-corrected chi connectivity index (χ4v) is 1.09. The van der Waals surface area contributed by atoms with Gasteiger partial charge in [0.2, 0.25) is 0 Å². The van der Waals surface area contributed by atoms with Crippen LogP contribution in [0.25, 0.3) is 0 Å². The molecule has 3 heteroatoms. The predicted molar refractivity (Wildman–Crippen MR) is 56.8 cm³/mol. The number of hydrogen-bond donors (Lipinski definition) is 2. The van der Waals surface area contributed by atoms with Gasteiger partial charge in [-0.2, -0.15) is 0 Å². The van der Waals surface area contributed by atoms with Gasteiger partial charge in [-0.1, -0.05) is 11.8 Å². The third kappa shape index (κ3) is 2.35. The van der Waals surface area contributed by atoms with Crippen molar-refractivity contribution in [3.05, 3.63) is 29.3 Å². The molecule has 0 amide bonds. The number of benzene rings is 1. The maximum Gasteiger partial charge on any atom is 0.161 e. The topological polar surface area (TPSA) is 69.1 Å². The van der Waals surface area contributed by atoms with E-state index >= 15 is 0 Å². The second-order valence-electron chi connectivity index (χ2n) is 2.86. The Hall–Kier alpha value is -1.79. The lowest BCUT2D eigenvalue weighted by atomic mass is 10.1. The molecule has 0 heterocycles. The van der Waals surface area contributed by atoms with E-state index in [4.69, 9.17) is 11.5 Å². The lowest BCUT2D eigenvalue weighted by Gasteiger charge is -2.01. The maximum absolute atomic E-state index is 11.1. The maximum atomic E-state index is 11.1. The Morgan fingerprint density at radius 3 is 2.79 bits per heavy atom. The molecule has 0 aliphatic rings. The zero-order valence-electron chi connectivity index (χ0n) is 8.00. The highest BCUT2D eigenvalue weighted by Gasteiger charge is 2.04. The SMILES string of the molecule is CC(=O)c1cc(C#CCN)ccc1N. The zero-order valence-corrected chi connectivity index (χ0v) is 8.00. The molecule has 0 fully saturated rings. The molecular formula is C11H12N2O. The van der Waals surface area contributed by atoms with Gasteiger partial charge in [-0.15, -0.1) is 0 Å². The third-order valence-corrected chi connectivity index (χ3v) is 1.77. The number of carbonyl (C=O) groups is 1. The Bertz CT molecular complexity index is 413. The van der Waals surface area contributed by atoms with E-state index in [1.54, 1.807) is 18.2 Å². The molecule has 0 unspecified atom stereocenters. The van der Waals surface area contributed by atoms with Gasteiger partial charge in [0.1, 0.15) is 0 Å². The van der Waals surface area contributed by atoms with Gasteiger partial charge in [0.25, 0.3) is 0 Å². The monoisotopic (exact) mass is 188 g/mol. The van der Waals surface area contributed by atoms with Crippen molar-refractivity contribution >= 4 is 11.5 Å². The van der Waals surface area contributed by atoms with Gasteiger partial charge in [0.15, 0.2) is 5.78 Å². The number of carbonyl (C=O) groups excluding carboxylic acids is 1. The quantitative estimate of drug-likeness (QED) is 0.389. The van der Waals surface area contributed by atoms with Crippen molar-refractivity contribution in [1.82, 2.24) is 0 Å². The second-order valence-corrected chi connectivity index (χ2v) is 2.86. The Kier molecular flexibility index (Phi) is 3.27. The Morgan fingerprint density at radius 1 is 1.50 bits per heavy atom. The average molecular weight is 188 g/mol. The van der Waals surface area contributed by atoms with Crippen LogP contribution in [-0.4, -0.2) is 12.3 Å². The molecule has 3 nitrogen and oxygen atoms in total. The van der Waals surface area contributed by atoms with E-state index < -0.39 is 0 Å². The highest BCUT2D eigenvalue weighted by Crippen LogP contribution is 2.13. The van der Waals surface area contributed by atoms with Crippen molar-refractivity contribution in [2.75, 3.05) is 12.3 Å². The van der Waals surface area contributed by atoms with Crippen LogP contribution in [0, 0.1) is 11.8 Å². The zero-order chi connectivity index (χ0) is 10.6. The number of ketones is 1. The molecule has 1 aromatic carbocycles. The summed E-state index contributed by atoms with van der Waals surface area (Å²) in [6, 6.07) is 5.13. The predicted octanol–water partition coefficient (Wildman–Crippen LogP) is 0.782. The molecule has 0 aromatic heterocycles. The molecule has 1 aromatic rings. The Morgan fingerprint density at radius 2 is 2.21 bits per heavy atom. The van der Waals surface area contributed by atoms with E-state index in [0.29, 0.717) is 17.8 Å². The van der Waals surface area contributed by atoms with Gasteiger partial charge in [-0.3, -0.25) is 4.79 Å². The van der Waals surface area contributed by atoms with Crippen LogP contribution in [0.5, 0.6) is 0 Å². The number of hydrogen-bond acceptors (Lipinski definition) is 3. The minimum Gasteiger partial charge on any atom is -0.398 e. The highest BCUT2D eigenvalue weighted by atomic mass is 16.1. The molecule has 4 N–H and O–H groups in total. The molecule has 0 aliphatic heterocycles. The smallest absolute Gasteiger partial charge is 0.161 e. The molecule has 0 bridgehead atoms. The molecule has 14 heavy (non-hydrogen) atoms. The van der Waals surface area contributed by atoms with E-state index in [-0.39, 0.29) is 5.78 Å². The van der Waals surface area contributed by atoms with Crippen LogP contribution in [0.15, 0.2) is 18.2 Å². The molecule has 0 radical (unpaired) electrons. The van der Waals surface area contributed by atoms with Gasteiger partial charge in [0.05, 0.1) is 6.54 Å². The summed E-state index contributed by atoms with van der Waals surface area (Å²) < 4.78 is 0. The van der Waals surface area contributed by atoms with Crippen LogP contribution < -0.4 is 11.5 Å². The highest BCUT2D eigenvalue weighted by molar-refractivity contribution is 5.99. The molecule has 0 saturated carbocycles. The summed E-state index contributed by atoms with van der Waals surface area (Å²) in [7, 11) is 0. The van der Waals surface area contributed by atoms with Crippen molar-refractivity contribution < 1.29 is 4.79 Å². The van der Waals surface area contributed by atoms with Crippen molar-refractivity contribution in [2.45, 2.75) is 6.92 Å². The number of nitrogen functional groups attached to an aromatic ring is 1. The first-order valence-electron chi connectivity index (χ1n) is 4.24. The number of Topliss-reactive ketones (excluding diaryl/α,β-unsaturated/α-hetero) is 1. The van der Waals surface area contributed by atoms with Crippen molar-refractivity contribution in [2.24, 2.45) is 5.73 Å². The molecule has 72 valence electrons. The van der Waals surface area contributed by atoms with Crippen LogP contribution >= 0.6 is 0 Å². The summed E-state index contributed by atoms with van der Waals surface area (Å²) in [5.41, 5.74) is 12.6. The van der Waals surface area contributed by atoms with E-state index in [1.165, 1.54) is 6.92 Å². The Balaban J connectivity index is 3.13. The lowest BCUT2D eigenvalue weighted by molar-refractivity contribution is 0.101. The Labute approximate surface area is 83.1 Å². The summed E-state index contributed by atoms with van der Waals surface area (Å²) >= 11 is 0. The van der Waals surface area contributed by atoms with Crippen molar-refractivity contribution in [3.63, 3.8) is 0 Å². The number of anilines is 1. The fraction of sp³-hybridized carbons (Fsp3) is 0.182. The first-order chi connectivity index (χ1) is 6.65. The number of rotatable bonds is 1. The van der Waals surface area contributed by atoms with Gasteiger partial charge in [-0.25, -0.2) is 0 Å². The lowest BCUT2D eigenvalue weighted by Crippen LogP contribution is -2.00. The molecular weight excluding hydrogens is 176 g/mol. The molecule has 0 aliphatic carbocycles. The fourth-order valence-electron chi connectivity index (χ4n) is 1.09. The van der Waals surface area contributed by atoms with E-state index in [2.05, 4.69) is 11.8 Å². The van der Waals surface area contributed by atoms with Gasteiger partial charge >= 0.3 is 0 Å². The van der Waals surface area contributed by atoms with Crippen LogP contribution in [0.1, 0.15) is 22.8 Å². The van der Waals surface area contributed by atoms with E-state index in [1.807, 2.05) is 0 Å². The summed E-state index contributed by atoms with van der Waals surface area (Å²) in [6.07, 6.45) is 0.